The Bertz CT molecular complexity index is 1130. The Morgan fingerprint density at radius 2 is 0.897 bits per heavy atom. The molecule has 0 atom stereocenters. The van der Waals surface area contributed by atoms with Gasteiger partial charge in [0.2, 0.25) is 0 Å². The van der Waals surface area contributed by atoms with Crippen LogP contribution in [0.4, 0.5) is 0 Å². The second-order valence-electron chi connectivity index (χ2n) is 14.1. The highest BCUT2D eigenvalue weighted by Crippen LogP contribution is 2.71. The minimum absolute atomic E-state index is 0.158. The lowest BCUT2D eigenvalue weighted by Crippen LogP contribution is -2.65. The molecule has 39 heavy (non-hydrogen) atoms. The van der Waals surface area contributed by atoms with Gasteiger partial charge in [0.05, 0.1) is 16.2 Å². The lowest BCUT2D eigenvalue weighted by molar-refractivity contribution is -0.193. The van der Waals surface area contributed by atoms with Crippen LogP contribution in [-0.2, 0) is 24.5 Å². The third-order valence-electron chi connectivity index (χ3n) is 9.38. The lowest BCUT2D eigenvalue weighted by Gasteiger charge is -2.60. The van der Waals surface area contributed by atoms with Gasteiger partial charge < -0.3 is 9.47 Å². The molecule has 4 nitrogen and oxygen atoms in total. The molecule has 4 heteroatoms. The van der Waals surface area contributed by atoms with Gasteiger partial charge in [-0.1, -0.05) is 87.1 Å². The van der Waals surface area contributed by atoms with E-state index < -0.39 is 27.4 Å². The molecule has 0 spiro atoms. The van der Waals surface area contributed by atoms with Gasteiger partial charge >= 0.3 is 11.9 Å². The van der Waals surface area contributed by atoms with Crippen LogP contribution in [-0.4, -0.2) is 23.1 Å². The van der Waals surface area contributed by atoms with Gasteiger partial charge in [-0.05, 0) is 89.5 Å². The standard InChI is InChI=1S/C35H46O4/c1-31(2,3)38-29(36)33(21-13-7-14-22-33)35(34(23-15-8-16-24-34)30(37)39-32(4,5)6)27-19-11-9-17-25(27)26-18-10-12-20-28(26)35/h9-12,17-20H,7-8,13-16,21-24H2,1-6H3. The molecule has 0 saturated heterocycles. The summed E-state index contributed by atoms with van der Waals surface area (Å²) in [5, 5.41) is 0. The fourth-order valence-corrected chi connectivity index (χ4v) is 8.25. The molecule has 0 unspecified atom stereocenters. The molecule has 0 N–H and O–H groups in total. The van der Waals surface area contributed by atoms with Crippen LogP contribution in [0, 0.1) is 10.8 Å². The second-order valence-corrected chi connectivity index (χ2v) is 14.1. The van der Waals surface area contributed by atoms with Crippen LogP contribution in [0.2, 0.25) is 0 Å². The number of hydrogen-bond acceptors (Lipinski definition) is 4. The molecule has 210 valence electrons. The fraction of sp³-hybridized carbons (Fsp3) is 0.600. The quantitative estimate of drug-likeness (QED) is 0.372. The third kappa shape index (κ3) is 4.33. The largest absolute Gasteiger partial charge is 0.460 e. The monoisotopic (exact) mass is 530 g/mol. The molecule has 3 aliphatic carbocycles. The van der Waals surface area contributed by atoms with Crippen molar-refractivity contribution in [1.29, 1.82) is 0 Å². The molecule has 2 aromatic carbocycles. The van der Waals surface area contributed by atoms with Crippen LogP contribution in [0.3, 0.4) is 0 Å². The Kier molecular flexibility index (Phi) is 7.01. The van der Waals surface area contributed by atoms with Crippen molar-refractivity contribution >= 4 is 11.9 Å². The van der Waals surface area contributed by atoms with Crippen molar-refractivity contribution in [3.8, 4) is 11.1 Å². The minimum Gasteiger partial charge on any atom is -0.460 e. The van der Waals surface area contributed by atoms with Crippen molar-refractivity contribution < 1.29 is 19.1 Å². The Labute approximate surface area is 234 Å². The molecule has 2 fully saturated rings. The third-order valence-corrected chi connectivity index (χ3v) is 9.38. The van der Waals surface area contributed by atoms with Gasteiger partial charge in [-0.15, -0.1) is 0 Å². The summed E-state index contributed by atoms with van der Waals surface area (Å²) < 4.78 is 12.7. The van der Waals surface area contributed by atoms with Gasteiger partial charge in [0.1, 0.15) is 11.2 Å². The van der Waals surface area contributed by atoms with E-state index in [1.807, 2.05) is 41.5 Å². The van der Waals surface area contributed by atoms with Gasteiger partial charge in [0, 0.05) is 0 Å². The number of carbonyl (C=O) groups is 2. The van der Waals surface area contributed by atoms with E-state index in [0.29, 0.717) is 25.7 Å². The number of rotatable bonds is 4. The van der Waals surface area contributed by atoms with Gasteiger partial charge in [-0.25, -0.2) is 0 Å². The molecule has 0 aromatic heterocycles. The molecule has 2 aromatic rings. The van der Waals surface area contributed by atoms with Crippen molar-refractivity contribution in [2.24, 2.45) is 10.8 Å². The molecule has 0 bridgehead atoms. The average Bonchev–Trinajstić information content (AvgIpc) is 3.19. The van der Waals surface area contributed by atoms with Crippen LogP contribution in [0.1, 0.15) is 117 Å². The van der Waals surface area contributed by atoms with E-state index in [9.17, 15) is 9.59 Å². The van der Waals surface area contributed by atoms with Crippen molar-refractivity contribution in [2.75, 3.05) is 0 Å². The fourth-order valence-electron chi connectivity index (χ4n) is 8.25. The van der Waals surface area contributed by atoms with Crippen molar-refractivity contribution in [3.05, 3.63) is 59.7 Å². The maximum atomic E-state index is 14.9. The number of fused-ring (bicyclic) bond motifs is 3. The van der Waals surface area contributed by atoms with Gasteiger partial charge in [0.15, 0.2) is 0 Å². The Balaban J connectivity index is 1.92. The van der Waals surface area contributed by atoms with E-state index in [2.05, 4.69) is 48.5 Å². The number of hydrogen-bond donors (Lipinski definition) is 0. The van der Waals surface area contributed by atoms with Crippen LogP contribution >= 0.6 is 0 Å². The molecule has 0 heterocycles. The molecule has 3 aliphatic rings. The zero-order valence-electron chi connectivity index (χ0n) is 24.8. The molecule has 2 saturated carbocycles. The zero-order chi connectivity index (χ0) is 28.1. The summed E-state index contributed by atoms with van der Waals surface area (Å²) in [6, 6.07) is 17.0. The van der Waals surface area contributed by atoms with Gasteiger partial charge in [0.25, 0.3) is 0 Å². The summed E-state index contributed by atoms with van der Waals surface area (Å²) in [6.45, 7) is 11.7. The second kappa shape index (κ2) is 9.78. The maximum Gasteiger partial charge on any atom is 0.313 e. The summed E-state index contributed by atoms with van der Waals surface area (Å²) in [6.07, 6.45) is 8.75. The first kappa shape index (κ1) is 27.9. The first-order chi connectivity index (χ1) is 18.4. The highest BCUT2D eigenvalue weighted by Gasteiger charge is 2.73. The van der Waals surface area contributed by atoms with Crippen molar-refractivity contribution in [1.82, 2.24) is 0 Å². The smallest absolute Gasteiger partial charge is 0.313 e. The number of esters is 2. The van der Waals surface area contributed by atoms with E-state index in [1.165, 1.54) is 0 Å². The Hall–Kier alpha value is -2.62. The van der Waals surface area contributed by atoms with Crippen LogP contribution in [0.15, 0.2) is 48.5 Å². The summed E-state index contributed by atoms with van der Waals surface area (Å²) in [5.74, 6) is -0.315. The van der Waals surface area contributed by atoms with E-state index in [4.69, 9.17) is 9.47 Å². The van der Waals surface area contributed by atoms with Crippen molar-refractivity contribution in [2.45, 2.75) is 122 Å². The Morgan fingerprint density at radius 3 is 1.23 bits per heavy atom. The van der Waals surface area contributed by atoms with Gasteiger partial charge in [-0.3, -0.25) is 9.59 Å². The van der Waals surface area contributed by atoms with E-state index in [-0.39, 0.29) is 11.9 Å². The predicted octanol–water partition coefficient (Wildman–Crippen LogP) is 8.54. The highest BCUT2D eigenvalue weighted by molar-refractivity contribution is 5.94. The number of carbonyl (C=O) groups excluding carboxylic acids is 2. The molecular formula is C35H46O4. The SMILES string of the molecule is CC(C)(C)OC(=O)C1(C2(C3(C(=O)OC(C)(C)C)CCCCC3)c3ccccc3-c3ccccc32)CCCCC1. The summed E-state index contributed by atoms with van der Waals surface area (Å²) in [7, 11) is 0. The van der Waals surface area contributed by atoms with E-state index in [0.717, 1.165) is 60.8 Å². The number of ether oxygens (including phenoxy) is 2. The van der Waals surface area contributed by atoms with Crippen molar-refractivity contribution in [3.63, 3.8) is 0 Å². The van der Waals surface area contributed by atoms with Gasteiger partial charge in [-0.2, -0.15) is 0 Å². The summed E-state index contributed by atoms with van der Waals surface area (Å²) >= 11 is 0. The number of benzene rings is 2. The average molecular weight is 531 g/mol. The molecule has 0 radical (unpaired) electrons. The lowest BCUT2D eigenvalue weighted by atomic mass is 9.41. The van der Waals surface area contributed by atoms with E-state index >= 15 is 0 Å². The van der Waals surface area contributed by atoms with Crippen LogP contribution < -0.4 is 0 Å². The topological polar surface area (TPSA) is 52.6 Å². The molecule has 5 rings (SSSR count). The van der Waals surface area contributed by atoms with E-state index in [1.54, 1.807) is 0 Å². The van der Waals surface area contributed by atoms with Crippen LogP contribution in [0.5, 0.6) is 0 Å². The molecule has 0 amide bonds. The van der Waals surface area contributed by atoms with Crippen LogP contribution in [0.25, 0.3) is 11.1 Å². The first-order valence-corrected chi connectivity index (χ1v) is 15.0. The molecule has 0 aliphatic heterocycles. The Morgan fingerprint density at radius 1 is 0.564 bits per heavy atom. The first-order valence-electron chi connectivity index (χ1n) is 15.0. The minimum atomic E-state index is -0.879. The summed E-state index contributed by atoms with van der Waals surface area (Å²) in [5.41, 5.74) is 0.574. The zero-order valence-corrected chi connectivity index (χ0v) is 24.8. The highest BCUT2D eigenvalue weighted by atomic mass is 16.6. The molecular weight excluding hydrogens is 484 g/mol. The normalized spacial score (nSPS) is 21.4. The predicted molar refractivity (Wildman–Crippen MR) is 155 cm³/mol. The maximum absolute atomic E-state index is 14.9. The summed E-state index contributed by atoms with van der Waals surface area (Å²) in [4.78, 5) is 29.7.